The van der Waals surface area contributed by atoms with E-state index in [1.807, 2.05) is 12.1 Å². The molecular formula is C14H16BrNO. The molecule has 17 heavy (non-hydrogen) atoms. The highest BCUT2D eigenvalue weighted by Gasteiger charge is 2.06. The molecule has 90 valence electrons. The molecule has 1 atom stereocenters. The van der Waals surface area contributed by atoms with E-state index in [1.54, 1.807) is 0 Å². The third-order valence-corrected chi connectivity index (χ3v) is 3.18. The lowest BCUT2D eigenvalue weighted by Crippen LogP contribution is -2.17. The van der Waals surface area contributed by atoms with Gasteiger partial charge in [-0.2, -0.15) is 0 Å². The minimum atomic E-state index is 0.318. The highest BCUT2D eigenvalue weighted by atomic mass is 79.9. The molecular weight excluding hydrogens is 278 g/mol. The topological polar surface area (TPSA) is 25.2 Å². The van der Waals surface area contributed by atoms with Crippen LogP contribution < -0.4 is 5.32 Å². The van der Waals surface area contributed by atoms with Gasteiger partial charge in [0.25, 0.3) is 0 Å². The lowest BCUT2D eigenvalue weighted by atomic mass is 10.1. The minimum Gasteiger partial charge on any atom is -0.453 e. The van der Waals surface area contributed by atoms with Gasteiger partial charge < -0.3 is 9.73 Å². The van der Waals surface area contributed by atoms with Crippen LogP contribution in [-0.2, 0) is 6.54 Å². The molecule has 1 aromatic carbocycles. The van der Waals surface area contributed by atoms with E-state index in [1.165, 1.54) is 11.1 Å². The highest BCUT2D eigenvalue weighted by molar-refractivity contribution is 9.10. The SMILES string of the molecule is Cc1cccc([C@@H](C)NCc2ccc(Br)o2)c1. The van der Waals surface area contributed by atoms with Crippen molar-refractivity contribution in [2.45, 2.75) is 26.4 Å². The number of halogens is 1. The Morgan fingerprint density at radius 3 is 2.76 bits per heavy atom. The molecule has 1 N–H and O–H groups in total. The predicted octanol–water partition coefficient (Wildman–Crippen LogP) is 4.20. The van der Waals surface area contributed by atoms with Crippen LogP contribution in [0.5, 0.6) is 0 Å². The Balaban J connectivity index is 1.95. The van der Waals surface area contributed by atoms with E-state index in [-0.39, 0.29) is 0 Å². The number of nitrogens with one attached hydrogen (secondary N) is 1. The van der Waals surface area contributed by atoms with E-state index >= 15 is 0 Å². The van der Waals surface area contributed by atoms with Crippen molar-refractivity contribution in [3.05, 3.63) is 58.0 Å². The molecule has 0 amide bonds. The average molecular weight is 294 g/mol. The molecule has 0 saturated carbocycles. The van der Waals surface area contributed by atoms with Crippen molar-refractivity contribution >= 4 is 15.9 Å². The van der Waals surface area contributed by atoms with Gasteiger partial charge in [-0.3, -0.25) is 0 Å². The first-order chi connectivity index (χ1) is 8.15. The average Bonchev–Trinajstić information content (AvgIpc) is 2.72. The van der Waals surface area contributed by atoms with Crippen LogP contribution in [0.1, 0.15) is 29.9 Å². The first-order valence-electron chi connectivity index (χ1n) is 5.69. The second-order valence-electron chi connectivity index (χ2n) is 4.22. The molecule has 0 saturated heterocycles. The van der Waals surface area contributed by atoms with Crippen LogP contribution in [0.4, 0.5) is 0 Å². The fraction of sp³-hybridized carbons (Fsp3) is 0.286. The third-order valence-electron chi connectivity index (χ3n) is 2.75. The van der Waals surface area contributed by atoms with Crippen molar-refractivity contribution in [1.82, 2.24) is 5.32 Å². The van der Waals surface area contributed by atoms with Crippen LogP contribution >= 0.6 is 15.9 Å². The molecule has 3 heteroatoms. The Kier molecular flexibility index (Phi) is 4.02. The van der Waals surface area contributed by atoms with Gasteiger partial charge in [0.1, 0.15) is 5.76 Å². The van der Waals surface area contributed by atoms with Crippen LogP contribution in [0.15, 0.2) is 45.5 Å². The van der Waals surface area contributed by atoms with Crippen LogP contribution in [0.2, 0.25) is 0 Å². The number of hydrogen-bond donors (Lipinski definition) is 1. The lowest BCUT2D eigenvalue weighted by molar-refractivity contribution is 0.447. The van der Waals surface area contributed by atoms with Crippen LogP contribution in [0, 0.1) is 6.92 Å². The normalized spacial score (nSPS) is 12.6. The summed E-state index contributed by atoms with van der Waals surface area (Å²) in [6.45, 7) is 5.01. The number of hydrogen-bond acceptors (Lipinski definition) is 2. The Morgan fingerprint density at radius 1 is 1.29 bits per heavy atom. The van der Waals surface area contributed by atoms with E-state index < -0.39 is 0 Å². The van der Waals surface area contributed by atoms with Gasteiger partial charge in [-0.15, -0.1) is 0 Å². The summed E-state index contributed by atoms with van der Waals surface area (Å²) < 4.78 is 6.22. The van der Waals surface area contributed by atoms with Crippen molar-refractivity contribution in [1.29, 1.82) is 0 Å². The second-order valence-corrected chi connectivity index (χ2v) is 5.00. The maximum absolute atomic E-state index is 5.45. The van der Waals surface area contributed by atoms with E-state index in [2.05, 4.69) is 59.4 Å². The van der Waals surface area contributed by atoms with Gasteiger partial charge in [0.05, 0.1) is 6.54 Å². The Bertz CT molecular complexity index is 492. The van der Waals surface area contributed by atoms with E-state index in [9.17, 15) is 0 Å². The zero-order chi connectivity index (χ0) is 12.3. The summed E-state index contributed by atoms with van der Waals surface area (Å²) >= 11 is 3.30. The lowest BCUT2D eigenvalue weighted by Gasteiger charge is -2.13. The molecule has 0 bridgehead atoms. The first kappa shape index (κ1) is 12.4. The van der Waals surface area contributed by atoms with E-state index in [0.717, 1.165) is 17.0 Å². The summed E-state index contributed by atoms with van der Waals surface area (Å²) in [5.41, 5.74) is 2.59. The fourth-order valence-electron chi connectivity index (χ4n) is 1.76. The molecule has 1 heterocycles. The third kappa shape index (κ3) is 3.45. The summed E-state index contributed by atoms with van der Waals surface area (Å²) in [7, 11) is 0. The Morgan fingerprint density at radius 2 is 2.12 bits per heavy atom. The van der Waals surface area contributed by atoms with Crippen molar-refractivity contribution in [3.63, 3.8) is 0 Å². The van der Waals surface area contributed by atoms with Gasteiger partial charge in [-0.1, -0.05) is 29.8 Å². The maximum atomic E-state index is 5.45. The van der Waals surface area contributed by atoms with Gasteiger partial charge in [0.2, 0.25) is 0 Å². The summed E-state index contributed by atoms with van der Waals surface area (Å²) in [5, 5.41) is 3.44. The van der Waals surface area contributed by atoms with Crippen LogP contribution in [-0.4, -0.2) is 0 Å². The summed E-state index contributed by atoms with van der Waals surface area (Å²) in [4.78, 5) is 0. The molecule has 0 radical (unpaired) electrons. The van der Waals surface area contributed by atoms with Gasteiger partial charge >= 0.3 is 0 Å². The largest absolute Gasteiger partial charge is 0.453 e. The standard InChI is InChI=1S/C14H16BrNO/c1-10-4-3-5-12(8-10)11(2)16-9-13-6-7-14(15)17-13/h3-8,11,16H,9H2,1-2H3/t11-/m1/s1. The number of benzene rings is 1. The molecule has 0 spiro atoms. The van der Waals surface area contributed by atoms with Gasteiger partial charge in [0, 0.05) is 6.04 Å². The first-order valence-corrected chi connectivity index (χ1v) is 6.48. The molecule has 0 aliphatic rings. The Hall–Kier alpha value is -1.06. The monoisotopic (exact) mass is 293 g/mol. The fourth-order valence-corrected chi connectivity index (χ4v) is 2.10. The van der Waals surface area contributed by atoms with Crippen LogP contribution in [0.25, 0.3) is 0 Å². The van der Waals surface area contributed by atoms with Crippen molar-refractivity contribution in [2.24, 2.45) is 0 Å². The van der Waals surface area contributed by atoms with Crippen molar-refractivity contribution in [3.8, 4) is 0 Å². The smallest absolute Gasteiger partial charge is 0.169 e. The zero-order valence-electron chi connectivity index (χ0n) is 10.0. The predicted molar refractivity (Wildman–Crippen MR) is 72.8 cm³/mol. The van der Waals surface area contributed by atoms with Crippen molar-refractivity contribution < 1.29 is 4.42 Å². The summed E-state index contributed by atoms with van der Waals surface area (Å²) in [5.74, 6) is 0.941. The second kappa shape index (κ2) is 5.52. The molecule has 0 fully saturated rings. The Labute approximate surface area is 110 Å². The molecule has 0 aliphatic heterocycles. The van der Waals surface area contributed by atoms with Crippen molar-refractivity contribution in [2.75, 3.05) is 0 Å². The molecule has 2 rings (SSSR count). The molecule has 0 unspecified atom stereocenters. The molecule has 2 nitrogen and oxygen atoms in total. The molecule has 0 aliphatic carbocycles. The number of aryl methyl sites for hydroxylation is 1. The zero-order valence-corrected chi connectivity index (χ0v) is 11.6. The van der Waals surface area contributed by atoms with Gasteiger partial charge in [-0.25, -0.2) is 0 Å². The number of furan rings is 1. The highest BCUT2D eigenvalue weighted by Crippen LogP contribution is 2.17. The quantitative estimate of drug-likeness (QED) is 0.914. The number of rotatable bonds is 4. The van der Waals surface area contributed by atoms with E-state index in [0.29, 0.717) is 6.04 Å². The van der Waals surface area contributed by atoms with Crippen LogP contribution in [0.3, 0.4) is 0 Å². The summed E-state index contributed by atoms with van der Waals surface area (Å²) in [6.07, 6.45) is 0. The minimum absolute atomic E-state index is 0.318. The summed E-state index contributed by atoms with van der Waals surface area (Å²) in [6, 6.07) is 12.7. The molecule has 2 aromatic rings. The van der Waals surface area contributed by atoms with Gasteiger partial charge in [0.15, 0.2) is 4.67 Å². The maximum Gasteiger partial charge on any atom is 0.169 e. The van der Waals surface area contributed by atoms with Gasteiger partial charge in [-0.05, 0) is 47.5 Å². The molecule has 1 aromatic heterocycles. The van der Waals surface area contributed by atoms with E-state index in [4.69, 9.17) is 4.42 Å².